The Morgan fingerprint density at radius 3 is 2.27 bits per heavy atom. The van der Waals surface area contributed by atoms with Crippen LogP contribution < -0.4 is 5.32 Å². The monoisotopic (exact) mass is 315 g/mol. The van der Waals surface area contributed by atoms with Gasteiger partial charge in [-0.05, 0) is 24.6 Å². The van der Waals surface area contributed by atoms with Crippen LogP contribution in [-0.4, -0.2) is 18.9 Å². The molecule has 1 atom stereocenters. The lowest BCUT2D eigenvalue weighted by Crippen LogP contribution is -2.22. The Morgan fingerprint density at radius 2 is 1.82 bits per heavy atom. The Morgan fingerprint density at radius 1 is 1.27 bits per heavy atom. The van der Waals surface area contributed by atoms with Gasteiger partial charge in [0.05, 0.1) is 12.0 Å². The molecule has 0 heterocycles. The molecular formula is C15H16F3NO3. The zero-order valence-corrected chi connectivity index (χ0v) is 12.2. The van der Waals surface area contributed by atoms with E-state index in [0.717, 1.165) is 12.1 Å². The Kier molecular flexibility index (Phi) is 5.73. The summed E-state index contributed by atoms with van der Waals surface area (Å²) in [6.07, 6.45) is -5.43. The van der Waals surface area contributed by atoms with Crippen molar-refractivity contribution in [1.82, 2.24) is 5.32 Å². The number of likely N-dealkylation sites (N-methyl/N-ethyl adjacent to an activating group) is 1. The summed E-state index contributed by atoms with van der Waals surface area (Å²) in [5, 5.41) is 2.32. The van der Waals surface area contributed by atoms with E-state index in [-0.39, 0.29) is 12.0 Å². The number of carbonyl (C=O) groups is 2. The molecule has 0 bridgehead atoms. The Bertz CT molecular complexity index is 564. The first kappa shape index (κ1) is 17.7. The lowest BCUT2D eigenvalue weighted by Gasteiger charge is -2.15. The van der Waals surface area contributed by atoms with Gasteiger partial charge >= 0.3 is 12.1 Å². The highest BCUT2D eigenvalue weighted by molar-refractivity contribution is 5.96. The Hall–Kier alpha value is -2.31. The van der Waals surface area contributed by atoms with Crippen LogP contribution in [0.5, 0.6) is 0 Å². The van der Waals surface area contributed by atoms with Gasteiger partial charge in [-0.3, -0.25) is 9.59 Å². The quantitative estimate of drug-likeness (QED) is 0.671. The molecule has 7 heteroatoms. The van der Waals surface area contributed by atoms with E-state index >= 15 is 0 Å². The van der Waals surface area contributed by atoms with Gasteiger partial charge in [0.25, 0.3) is 0 Å². The maximum absolute atomic E-state index is 12.5. The van der Waals surface area contributed by atoms with Crippen LogP contribution >= 0.6 is 0 Å². The molecule has 1 N–H and O–H groups in total. The van der Waals surface area contributed by atoms with Gasteiger partial charge < -0.3 is 10.1 Å². The SMILES string of the molecule is C=C(CC(=O)O[C@@H](C)c1ccc(C(F)(F)F)cc1)C(=O)NC. The van der Waals surface area contributed by atoms with E-state index in [1.54, 1.807) is 0 Å². The summed E-state index contributed by atoms with van der Waals surface area (Å²) in [6.45, 7) is 4.98. The minimum atomic E-state index is -4.41. The minimum absolute atomic E-state index is 0.0483. The van der Waals surface area contributed by atoms with E-state index in [1.807, 2.05) is 0 Å². The molecule has 0 unspecified atom stereocenters. The molecule has 0 saturated carbocycles. The van der Waals surface area contributed by atoms with E-state index in [2.05, 4.69) is 11.9 Å². The van der Waals surface area contributed by atoms with Gasteiger partial charge in [0.1, 0.15) is 6.10 Å². The summed E-state index contributed by atoms with van der Waals surface area (Å²) in [4.78, 5) is 22.9. The normalized spacial score (nSPS) is 12.4. The number of halogens is 3. The third-order valence-corrected chi connectivity index (χ3v) is 2.92. The summed E-state index contributed by atoms with van der Waals surface area (Å²) in [5.74, 6) is -1.15. The fraction of sp³-hybridized carbons (Fsp3) is 0.333. The van der Waals surface area contributed by atoms with Crippen LogP contribution in [0.1, 0.15) is 30.6 Å². The van der Waals surface area contributed by atoms with Crippen LogP contribution in [0.4, 0.5) is 13.2 Å². The zero-order chi connectivity index (χ0) is 16.9. The molecule has 0 aromatic heterocycles. The van der Waals surface area contributed by atoms with Crippen LogP contribution in [0, 0.1) is 0 Å². The molecule has 0 radical (unpaired) electrons. The van der Waals surface area contributed by atoms with Crippen molar-refractivity contribution in [2.45, 2.75) is 25.6 Å². The fourth-order valence-electron chi connectivity index (χ4n) is 1.68. The van der Waals surface area contributed by atoms with E-state index in [9.17, 15) is 22.8 Å². The molecule has 0 aliphatic carbocycles. The summed E-state index contributed by atoms with van der Waals surface area (Å²) in [6, 6.07) is 4.33. The van der Waals surface area contributed by atoms with Crippen molar-refractivity contribution < 1.29 is 27.5 Å². The molecule has 22 heavy (non-hydrogen) atoms. The minimum Gasteiger partial charge on any atom is -0.458 e. The van der Waals surface area contributed by atoms with Gasteiger partial charge in [-0.2, -0.15) is 13.2 Å². The van der Waals surface area contributed by atoms with Crippen LogP contribution in [0.25, 0.3) is 0 Å². The number of amides is 1. The predicted octanol–water partition coefficient (Wildman–Crippen LogP) is 3.00. The predicted molar refractivity (Wildman–Crippen MR) is 73.8 cm³/mol. The second-order valence-corrected chi connectivity index (χ2v) is 4.61. The van der Waals surface area contributed by atoms with Gasteiger partial charge in [-0.25, -0.2) is 0 Å². The van der Waals surface area contributed by atoms with Crippen molar-refractivity contribution in [2.24, 2.45) is 0 Å². The molecule has 0 saturated heterocycles. The summed E-state index contributed by atoms with van der Waals surface area (Å²) >= 11 is 0. The molecule has 1 amide bonds. The van der Waals surface area contributed by atoms with Gasteiger partial charge in [-0.1, -0.05) is 18.7 Å². The number of carbonyl (C=O) groups excluding carboxylic acids is 2. The first-order chi connectivity index (χ1) is 10.1. The number of hydrogen-bond donors (Lipinski definition) is 1. The topological polar surface area (TPSA) is 55.4 Å². The maximum atomic E-state index is 12.5. The van der Waals surface area contributed by atoms with E-state index < -0.39 is 29.7 Å². The zero-order valence-electron chi connectivity index (χ0n) is 12.2. The molecule has 1 aromatic carbocycles. The van der Waals surface area contributed by atoms with E-state index in [4.69, 9.17) is 4.74 Å². The molecule has 0 aliphatic rings. The number of rotatable bonds is 5. The van der Waals surface area contributed by atoms with E-state index in [0.29, 0.717) is 5.56 Å². The van der Waals surface area contributed by atoms with Crippen LogP contribution in [0.3, 0.4) is 0 Å². The lowest BCUT2D eigenvalue weighted by molar-refractivity contribution is -0.148. The molecular weight excluding hydrogens is 299 g/mol. The number of nitrogens with one attached hydrogen (secondary N) is 1. The van der Waals surface area contributed by atoms with Gasteiger partial charge in [0.2, 0.25) is 5.91 Å². The number of esters is 1. The van der Waals surface area contributed by atoms with Crippen molar-refractivity contribution >= 4 is 11.9 Å². The van der Waals surface area contributed by atoms with Crippen LogP contribution in [-0.2, 0) is 20.5 Å². The first-order valence-electron chi connectivity index (χ1n) is 6.41. The molecule has 120 valence electrons. The molecule has 1 aromatic rings. The van der Waals surface area contributed by atoms with Crippen molar-refractivity contribution in [3.8, 4) is 0 Å². The largest absolute Gasteiger partial charge is 0.458 e. The highest BCUT2D eigenvalue weighted by Gasteiger charge is 2.30. The second kappa shape index (κ2) is 7.11. The fourth-order valence-corrected chi connectivity index (χ4v) is 1.68. The Balaban J connectivity index is 2.65. The third kappa shape index (κ3) is 4.91. The summed E-state index contributed by atoms with van der Waals surface area (Å²) < 4.78 is 42.4. The highest BCUT2D eigenvalue weighted by Crippen LogP contribution is 2.30. The lowest BCUT2D eigenvalue weighted by atomic mass is 10.1. The van der Waals surface area contributed by atoms with Crippen molar-refractivity contribution in [1.29, 1.82) is 0 Å². The smallest absolute Gasteiger partial charge is 0.416 e. The van der Waals surface area contributed by atoms with Gasteiger partial charge in [0.15, 0.2) is 0 Å². The van der Waals surface area contributed by atoms with Crippen molar-refractivity contribution in [2.75, 3.05) is 7.05 Å². The number of benzene rings is 1. The molecule has 0 spiro atoms. The van der Waals surface area contributed by atoms with Gasteiger partial charge in [0, 0.05) is 12.6 Å². The Labute approximate surface area is 126 Å². The molecule has 0 fully saturated rings. The van der Waals surface area contributed by atoms with Crippen LogP contribution in [0.15, 0.2) is 36.4 Å². The highest BCUT2D eigenvalue weighted by atomic mass is 19.4. The average molecular weight is 315 g/mol. The number of alkyl halides is 3. The number of ether oxygens (including phenoxy) is 1. The second-order valence-electron chi connectivity index (χ2n) is 4.61. The average Bonchev–Trinajstić information content (AvgIpc) is 2.45. The van der Waals surface area contributed by atoms with Crippen molar-refractivity contribution in [3.63, 3.8) is 0 Å². The van der Waals surface area contributed by atoms with Gasteiger partial charge in [-0.15, -0.1) is 0 Å². The third-order valence-electron chi connectivity index (χ3n) is 2.92. The summed E-state index contributed by atoms with van der Waals surface area (Å²) in [7, 11) is 1.41. The number of hydrogen-bond acceptors (Lipinski definition) is 3. The molecule has 0 aliphatic heterocycles. The van der Waals surface area contributed by atoms with Crippen molar-refractivity contribution in [3.05, 3.63) is 47.5 Å². The maximum Gasteiger partial charge on any atom is 0.416 e. The standard InChI is InChI=1S/C15H16F3NO3/c1-9(14(21)19-3)8-13(20)22-10(2)11-4-6-12(7-5-11)15(16,17)18/h4-7,10H,1,8H2,2-3H3,(H,19,21)/t10-/m0/s1. The molecule has 4 nitrogen and oxygen atoms in total. The van der Waals surface area contributed by atoms with E-state index in [1.165, 1.54) is 26.1 Å². The summed E-state index contributed by atoms with van der Waals surface area (Å²) in [5.41, 5.74) is -0.304. The molecule has 1 rings (SSSR count). The first-order valence-corrected chi connectivity index (χ1v) is 6.41. The van der Waals surface area contributed by atoms with Crippen LogP contribution in [0.2, 0.25) is 0 Å².